The van der Waals surface area contributed by atoms with Crippen molar-refractivity contribution in [1.82, 2.24) is 4.90 Å². The van der Waals surface area contributed by atoms with Gasteiger partial charge < -0.3 is 20.0 Å². The number of rotatable bonds is 7. The maximum absolute atomic E-state index is 12.8. The lowest BCUT2D eigenvalue weighted by Crippen LogP contribution is -2.27. The van der Waals surface area contributed by atoms with Crippen LogP contribution in [0, 0.1) is 0 Å². The van der Waals surface area contributed by atoms with Gasteiger partial charge in [0.2, 0.25) is 5.78 Å². The van der Waals surface area contributed by atoms with Crippen molar-refractivity contribution < 1.29 is 19.8 Å². The van der Waals surface area contributed by atoms with Crippen LogP contribution in [-0.2, 0) is 9.59 Å². The summed E-state index contributed by atoms with van der Waals surface area (Å²) in [6.07, 6.45) is 4.86. The number of aliphatic hydroxyl groups excluding tert-OH is 1. The third-order valence-corrected chi connectivity index (χ3v) is 5.67. The minimum atomic E-state index is -0.439. The van der Waals surface area contributed by atoms with Crippen LogP contribution in [0.2, 0.25) is 0 Å². The Kier molecular flexibility index (Phi) is 6.15. The summed E-state index contributed by atoms with van der Waals surface area (Å²) < 4.78 is 0. The molecule has 0 bridgehead atoms. The molecule has 0 saturated carbocycles. The van der Waals surface area contributed by atoms with E-state index in [1.807, 2.05) is 38.7 Å². The van der Waals surface area contributed by atoms with Crippen LogP contribution < -0.4 is 4.90 Å². The number of phenolic OH excluding ortho intramolecular Hbond substituents is 1. The molecule has 0 atom stereocenters. The van der Waals surface area contributed by atoms with Crippen molar-refractivity contribution in [2.75, 3.05) is 31.1 Å². The number of allylic oxidation sites excluding steroid dienone is 6. The Bertz CT molecular complexity index is 1010. The van der Waals surface area contributed by atoms with Gasteiger partial charge in [-0.15, -0.1) is 0 Å². The van der Waals surface area contributed by atoms with Crippen LogP contribution in [0.3, 0.4) is 0 Å². The predicted octanol–water partition coefficient (Wildman–Crippen LogP) is 3.75. The fourth-order valence-corrected chi connectivity index (χ4v) is 3.92. The van der Waals surface area contributed by atoms with E-state index in [2.05, 4.69) is 4.90 Å². The first-order valence-corrected chi connectivity index (χ1v) is 10.4. The van der Waals surface area contributed by atoms with E-state index in [1.54, 1.807) is 24.3 Å². The number of likely N-dealkylation sites (N-methyl/N-ethyl adjacent to an activating group) is 1. The summed E-state index contributed by atoms with van der Waals surface area (Å²) in [5.41, 5.74) is 2.12. The van der Waals surface area contributed by atoms with Crippen molar-refractivity contribution >= 4 is 22.8 Å². The molecule has 6 nitrogen and oxygen atoms in total. The number of benzene rings is 1. The topological polar surface area (TPSA) is 81.1 Å². The second-order valence-corrected chi connectivity index (χ2v) is 7.15. The lowest BCUT2D eigenvalue weighted by Gasteiger charge is -2.27. The molecule has 158 valence electrons. The van der Waals surface area contributed by atoms with Gasteiger partial charge in [-0.05, 0) is 52.0 Å². The number of aromatic hydroxyl groups is 1. The fraction of sp³-hybridized carbons (Fsp3) is 0.333. The molecule has 2 aliphatic carbocycles. The van der Waals surface area contributed by atoms with Crippen molar-refractivity contribution in [2.45, 2.75) is 27.7 Å². The molecule has 0 aromatic heterocycles. The largest absolute Gasteiger partial charge is 0.507 e. The molecule has 0 amide bonds. The highest BCUT2D eigenvalue weighted by Crippen LogP contribution is 2.42. The second-order valence-electron chi connectivity index (χ2n) is 7.15. The number of hydrogen-bond donors (Lipinski definition) is 2. The van der Waals surface area contributed by atoms with Crippen LogP contribution in [0.4, 0.5) is 5.69 Å². The van der Waals surface area contributed by atoms with E-state index in [4.69, 9.17) is 0 Å². The number of Topliss-reactive ketones (excluding diaryl/α,β-unsaturated/α-hetero) is 1. The number of carbonyl (C=O) groups excluding carboxylic acids is 2. The highest BCUT2D eigenvalue weighted by molar-refractivity contribution is 6.41. The number of ketones is 2. The Morgan fingerprint density at radius 1 is 0.833 bits per heavy atom. The molecular weight excluding hydrogens is 380 g/mol. The molecule has 30 heavy (non-hydrogen) atoms. The molecule has 0 fully saturated rings. The first-order valence-electron chi connectivity index (χ1n) is 10.4. The molecule has 0 saturated heterocycles. The average Bonchev–Trinajstić information content (AvgIpc) is 2.73. The van der Waals surface area contributed by atoms with Crippen LogP contribution >= 0.6 is 0 Å². The summed E-state index contributed by atoms with van der Waals surface area (Å²) in [7, 11) is 0. The van der Waals surface area contributed by atoms with Crippen molar-refractivity contribution in [3.8, 4) is 5.75 Å². The summed E-state index contributed by atoms with van der Waals surface area (Å²) in [5.74, 6) is -1.08. The zero-order valence-corrected chi connectivity index (χ0v) is 17.9. The maximum Gasteiger partial charge on any atom is 0.202 e. The zero-order valence-electron chi connectivity index (χ0n) is 17.9. The third-order valence-electron chi connectivity index (χ3n) is 5.67. The van der Waals surface area contributed by atoms with Gasteiger partial charge in [0.1, 0.15) is 11.5 Å². The fourth-order valence-electron chi connectivity index (χ4n) is 3.92. The molecule has 1 aromatic carbocycles. The van der Waals surface area contributed by atoms with Gasteiger partial charge >= 0.3 is 0 Å². The number of aliphatic hydroxyl groups is 1. The maximum atomic E-state index is 12.8. The van der Waals surface area contributed by atoms with Crippen molar-refractivity contribution in [1.29, 1.82) is 0 Å². The summed E-state index contributed by atoms with van der Waals surface area (Å²) in [6.45, 7) is 11.2. The third kappa shape index (κ3) is 3.54. The molecular formula is C24H28N2O4. The lowest BCUT2D eigenvalue weighted by atomic mass is 9.79. The van der Waals surface area contributed by atoms with Gasteiger partial charge in [0.15, 0.2) is 5.78 Å². The Labute approximate surface area is 177 Å². The number of nitrogens with zero attached hydrogens (tertiary/aromatic N) is 2. The Morgan fingerprint density at radius 2 is 1.47 bits per heavy atom. The van der Waals surface area contributed by atoms with Gasteiger partial charge in [-0.1, -0.05) is 0 Å². The molecule has 2 N–H and O–H groups in total. The number of carbonyl (C=O) groups is 2. The van der Waals surface area contributed by atoms with E-state index in [0.29, 0.717) is 0 Å². The predicted molar refractivity (Wildman–Crippen MR) is 118 cm³/mol. The Hall–Kier alpha value is -3.28. The van der Waals surface area contributed by atoms with Crippen molar-refractivity contribution in [3.05, 3.63) is 64.6 Å². The lowest BCUT2D eigenvalue weighted by molar-refractivity contribution is -0.114. The first-order chi connectivity index (χ1) is 14.4. The molecule has 1 aromatic rings. The van der Waals surface area contributed by atoms with Crippen molar-refractivity contribution in [2.24, 2.45) is 0 Å². The number of hydrogen-bond acceptors (Lipinski definition) is 6. The normalized spacial score (nSPS) is 18.5. The molecule has 0 aliphatic heterocycles. The van der Waals surface area contributed by atoms with E-state index in [9.17, 15) is 19.8 Å². The van der Waals surface area contributed by atoms with Crippen LogP contribution in [0.1, 0.15) is 33.3 Å². The van der Waals surface area contributed by atoms with Gasteiger partial charge in [0.05, 0.1) is 11.1 Å². The van der Waals surface area contributed by atoms with Crippen LogP contribution in [0.15, 0.2) is 59.0 Å². The quantitative estimate of drug-likeness (QED) is 0.669. The van der Waals surface area contributed by atoms with Crippen molar-refractivity contribution in [3.63, 3.8) is 0 Å². The van der Waals surface area contributed by atoms with Crippen LogP contribution in [-0.4, -0.2) is 52.9 Å². The van der Waals surface area contributed by atoms with Gasteiger partial charge in [0.25, 0.3) is 0 Å². The van der Waals surface area contributed by atoms with Crippen LogP contribution in [0.5, 0.6) is 5.75 Å². The first kappa shape index (κ1) is 21.4. The highest BCUT2D eigenvalue weighted by Gasteiger charge is 2.39. The van der Waals surface area contributed by atoms with Gasteiger partial charge in [0, 0.05) is 60.8 Å². The summed E-state index contributed by atoms with van der Waals surface area (Å²) in [4.78, 5) is 29.5. The molecule has 0 spiro atoms. The molecule has 3 rings (SSSR count). The Morgan fingerprint density at radius 3 is 1.97 bits per heavy atom. The minimum Gasteiger partial charge on any atom is -0.507 e. The van der Waals surface area contributed by atoms with E-state index in [-0.39, 0.29) is 39.6 Å². The summed E-state index contributed by atoms with van der Waals surface area (Å²) in [6, 6.07) is 5.03. The molecule has 0 radical (unpaired) electrons. The van der Waals surface area contributed by atoms with E-state index in [0.717, 1.165) is 37.6 Å². The molecule has 6 heteroatoms. The molecule has 0 unspecified atom stereocenters. The molecule has 0 heterocycles. The van der Waals surface area contributed by atoms with Gasteiger partial charge in [-0.3, -0.25) is 9.59 Å². The SMILES string of the molecule is CCN(CC)C1=CC(=O)/C(=C2\C(=O)C(c3ccc(N(CC)CC)cc3O)=C2O)C=C1. The number of phenols is 1. The molecule has 2 aliphatic rings. The average molecular weight is 408 g/mol. The van der Waals surface area contributed by atoms with Gasteiger partial charge in [-0.25, -0.2) is 0 Å². The smallest absolute Gasteiger partial charge is 0.202 e. The standard InChI is InChI=1S/C24H28N2O4/c1-5-25(6-2)15-9-11-17(19(27)13-15)21-23(29)22(24(21)30)18-12-10-16(14-20(18)28)26(7-3)8-4/h9-14,27,29H,5-8H2,1-4H3/b22-18-. The van der Waals surface area contributed by atoms with E-state index < -0.39 is 5.78 Å². The number of anilines is 1. The summed E-state index contributed by atoms with van der Waals surface area (Å²) >= 11 is 0. The van der Waals surface area contributed by atoms with E-state index >= 15 is 0 Å². The minimum absolute atomic E-state index is 0.00770. The monoisotopic (exact) mass is 408 g/mol. The second kappa shape index (κ2) is 8.61. The van der Waals surface area contributed by atoms with Crippen LogP contribution in [0.25, 0.3) is 5.57 Å². The highest BCUT2D eigenvalue weighted by atomic mass is 16.3. The van der Waals surface area contributed by atoms with E-state index in [1.165, 1.54) is 6.08 Å². The zero-order chi connectivity index (χ0) is 22.0. The summed E-state index contributed by atoms with van der Waals surface area (Å²) in [5, 5.41) is 21.1. The van der Waals surface area contributed by atoms with Gasteiger partial charge in [-0.2, -0.15) is 0 Å². The Balaban J connectivity index is 1.95.